The molecule has 2 atom stereocenters. The third kappa shape index (κ3) is 4.49. The van der Waals surface area contributed by atoms with Crippen LogP contribution in [0, 0.1) is 0 Å². The molecule has 1 aromatic carbocycles. The van der Waals surface area contributed by atoms with E-state index < -0.39 is 0 Å². The predicted molar refractivity (Wildman–Crippen MR) is 121 cm³/mol. The number of piperidine rings is 1. The number of rotatable bonds is 4. The van der Waals surface area contributed by atoms with Crippen molar-refractivity contribution in [1.82, 2.24) is 20.1 Å². The van der Waals surface area contributed by atoms with Crippen molar-refractivity contribution in [2.75, 3.05) is 32.7 Å². The highest BCUT2D eigenvalue weighted by Gasteiger charge is 2.34. The fourth-order valence-corrected chi connectivity index (χ4v) is 5.01. The molecule has 164 valence electrons. The molecule has 2 aliphatic heterocycles. The van der Waals surface area contributed by atoms with Crippen molar-refractivity contribution in [2.45, 2.75) is 64.2 Å². The highest BCUT2D eigenvalue weighted by molar-refractivity contribution is 5.83. The second-order valence-electron chi connectivity index (χ2n) is 9.68. The third-order valence-electron chi connectivity index (χ3n) is 6.79. The molecule has 0 aliphatic carbocycles. The average molecular weight is 413 g/mol. The summed E-state index contributed by atoms with van der Waals surface area (Å²) in [5.74, 6) is 0.512. The van der Waals surface area contributed by atoms with Gasteiger partial charge in [0, 0.05) is 55.4 Å². The van der Waals surface area contributed by atoms with E-state index in [4.69, 9.17) is 4.74 Å². The Morgan fingerprint density at radius 2 is 1.83 bits per heavy atom. The Hall–Kier alpha value is -2.05. The second kappa shape index (κ2) is 8.60. The molecular formula is C24H36N4O2. The van der Waals surface area contributed by atoms with Gasteiger partial charge in [-0.1, -0.05) is 18.2 Å². The first-order valence-electron chi connectivity index (χ1n) is 11.3. The molecule has 0 bridgehead atoms. The van der Waals surface area contributed by atoms with Crippen LogP contribution < -0.4 is 5.32 Å². The fraction of sp³-hybridized carbons (Fsp3) is 0.625. The van der Waals surface area contributed by atoms with E-state index >= 15 is 0 Å². The van der Waals surface area contributed by atoms with E-state index in [2.05, 4.69) is 73.4 Å². The molecule has 2 fully saturated rings. The predicted octanol–water partition coefficient (Wildman–Crippen LogP) is 3.94. The van der Waals surface area contributed by atoms with E-state index in [1.165, 1.54) is 16.5 Å². The molecule has 6 nitrogen and oxygen atoms in total. The van der Waals surface area contributed by atoms with Crippen LogP contribution in [0.25, 0.3) is 10.9 Å². The first-order chi connectivity index (χ1) is 14.3. The Balaban J connectivity index is 1.29. The van der Waals surface area contributed by atoms with Crippen LogP contribution >= 0.6 is 0 Å². The molecule has 2 aliphatic rings. The van der Waals surface area contributed by atoms with E-state index in [1.54, 1.807) is 0 Å². The lowest BCUT2D eigenvalue weighted by Gasteiger charge is -2.45. The second-order valence-corrected chi connectivity index (χ2v) is 9.68. The van der Waals surface area contributed by atoms with Crippen molar-refractivity contribution in [3.05, 3.63) is 36.0 Å². The zero-order valence-corrected chi connectivity index (χ0v) is 18.8. The quantitative estimate of drug-likeness (QED) is 0.800. The Labute approximate surface area is 179 Å². The minimum absolute atomic E-state index is 0.0646. The number of carbonyl (C=O) groups is 1. The molecule has 0 saturated carbocycles. The van der Waals surface area contributed by atoms with Gasteiger partial charge in [0.2, 0.25) is 0 Å². The van der Waals surface area contributed by atoms with Gasteiger partial charge in [0.15, 0.2) is 0 Å². The summed E-state index contributed by atoms with van der Waals surface area (Å²) in [7, 11) is 0. The van der Waals surface area contributed by atoms with Crippen LogP contribution in [0.2, 0.25) is 0 Å². The largest absolute Gasteiger partial charge is 0.373 e. The Morgan fingerprint density at radius 1 is 1.17 bits per heavy atom. The number of amides is 2. The van der Waals surface area contributed by atoms with E-state index in [0.29, 0.717) is 12.5 Å². The first-order valence-corrected chi connectivity index (χ1v) is 11.3. The van der Waals surface area contributed by atoms with Crippen molar-refractivity contribution in [2.24, 2.45) is 0 Å². The number of ether oxygens (including phenoxy) is 1. The topological polar surface area (TPSA) is 60.6 Å². The number of hydrogen-bond acceptors (Lipinski definition) is 3. The van der Waals surface area contributed by atoms with Crippen LogP contribution in [-0.4, -0.2) is 71.3 Å². The Kier molecular flexibility index (Phi) is 6.07. The first kappa shape index (κ1) is 21.2. The molecule has 6 heteroatoms. The van der Waals surface area contributed by atoms with E-state index in [-0.39, 0.29) is 23.8 Å². The molecular weight excluding hydrogens is 376 g/mol. The summed E-state index contributed by atoms with van der Waals surface area (Å²) in [5.41, 5.74) is 2.49. The van der Waals surface area contributed by atoms with Crippen molar-refractivity contribution < 1.29 is 9.53 Å². The maximum absolute atomic E-state index is 12.8. The van der Waals surface area contributed by atoms with Gasteiger partial charge < -0.3 is 19.9 Å². The normalized spacial score (nSPS) is 24.3. The number of H-pyrrole nitrogens is 1. The van der Waals surface area contributed by atoms with Gasteiger partial charge in [0.05, 0.1) is 12.2 Å². The molecule has 0 radical (unpaired) electrons. The zero-order valence-electron chi connectivity index (χ0n) is 18.8. The van der Waals surface area contributed by atoms with Crippen LogP contribution in [0.15, 0.2) is 30.5 Å². The number of likely N-dealkylation sites (tertiary alicyclic amines) is 1. The maximum atomic E-state index is 12.8. The van der Waals surface area contributed by atoms with E-state index in [0.717, 1.165) is 39.0 Å². The molecule has 1 aromatic heterocycles. The molecule has 2 aromatic rings. The number of fused-ring (bicyclic) bond motifs is 1. The molecule has 0 spiro atoms. The summed E-state index contributed by atoms with van der Waals surface area (Å²) in [6, 6.07) is 8.54. The van der Waals surface area contributed by atoms with Crippen LogP contribution in [0.3, 0.4) is 0 Å². The molecule has 2 amide bonds. The number of aromatic amines is 1. The van der Waals surface area contributed by atoms with E-state index in [9.17, 15) is 4.79 Å². The lowest BCUT2D eigenvalue weighted by atomic mass is 9.89. The fourth-order valence-electron chi connectivity index (χ4n) is 5.01. The lowest BCUT2D eigenvalue weighted by Crippen LogP contribution is -2.59. The van der Waals surface area contributed by atoms with Gasteiger partial charge in [0.1, 0.15) is 0 Å². The Morgan fingerprint density at radius 3 is 2.53 bits per heavy atom. The van der Waals surface area contributed by atoms with Crippen LogP contribution in [0.5, 0.6) is 0 Å². The maximum Gasteiger partial charge on any atom is 0.317 e. The molecule has 3 heterocycles. The summed E-state index contributed by atoms with van der Waals surface area (Å²) < 4.78 is 5.86. The van der Waals surface area contributed by atoms with Crippen molar-refractivity contribution >= 4 is 16.9 Å². The average Bonchev–Trinajstić information content (AvgIpc) is 3.16. The van der Waals surface area contributed by atoms with Gasteiger partial charge in [-0.3, -0.25) is 4.90 Å². The highest BCUT2D eigenvalue weighted by Crippen LogP contribution is 2.33. The number of aromatic nitrogens is 1. The van der Waals surface area contributed by atoms with Crippen molar-refractivity contribution in [3.63, 3.8) is 0 Å². The molecule has 2 N–H and O–H groups in total. The number of urea groups is 1. The Bertz CT molecular complexity index is 859. The summed E-state index contributed by atoms with van der Waals surface area (Å²) in [4.78, 5) is 20.6. The van der Waals surface area contributed by atoms with E-state index in [1.807, 2.05) is 4.90 Å². The number of para-hydroxylation sites is 1. The van der Waals surface area contributed by atoms with Gasteiger partial charge in [-0.05, 0) is 58.1 Å². The summed E-state index contributed by atoms with van der Waals surface area (Å²) in [6.07, 6.45) is 4.63. The molecule has 2 saturated heterocycles. The third-order valence-corrected chi connectivity index (χ3v) is 6.79. The van der Waals surface area contributed by atoms with Crippen molar-refractivity contribution in [3.8, 4) is 0 Å². The highest BCUT2D eigenvalue weighted by atomic mass is 16.5. The number of carbonyl (C=O) groups excluding carboxylic acids is 1. The monoisotopic (exact) mass is 412 g/mol. The molecule has 4 rings (SSSR count). The van der Waals surface area contributed by atoms with Crippen molar-refractivity contribution in [1.29, 1.82) is 0 Å². The summed E-state index contributed by atoms with van der Waals surface area (Å²) in [5, 5.41) is 4.51. The molecule has 30 heavy (non-hydrogen) atoms. The standard InChI is InChI=1S/C24H36N4O2/c1-17-14-28(15-18(2)30-17)24(3,4)16-26-23(29)27-11-9-19(10-12-27)21-13-25-22-8-6-5-7-20(21)22/h5-8,13,17-19,25H,9-12,14-16H2,1-4H3,(H,26,29). The van der Waals surface area contributed by atoms with Gasteiger partial charge >= 0.3 is 6.03 Å². The van der Waals surface area contributed by atoms with Crippen LogP contribution in [-0.2, 0) is 4.74 Å². The smallest absolute Gasteiger partial charge is 0.317 e. The number of morpholine rings is 1. The SMILES string of the molecule is CC1CN(C(C)(C)CNC(=O)N2CCC(c3c[nH]c4ccccc34)CC2)CC(C)O1. The van der Waals surface area contributed by atoms with Gasteiger partial charge in [-0.2, -0.15) is 0 Å². The lowest BCUT2D eigenvalue weighted by molar-refractivity contribution is -0.0948. The van der Waals surface area contributed by atoms with Gasteiger partial charge in [-0.25, -0.2) is 4.79 Å². The molecule has 2 unspecified atom stereocenters. The number of nitrogens with one attached hydrogen (secondary N) is 2. The number of hydrogen-bond donors (Lipinski definition) is 2. The van der Waals surface area contributed by atoms with Gasteiger partial charge in [0.25, 0.3) is 0 Å². The number of nitrogens with zero attached hydrogens (tertiary/aromatic N) is 2. The summed E-state index contributed by atoms with van der Waals surface area (Å²) >= 11 is 0. The minimum Gasteiger partial charge on any atom is -0.373 e. The van der Waals surface area contributed by atoms with Crippen LogP contribution in [0.4, 0.5) is 4.79 Å². The minimum atomic E-state index is -0.0929. The summed E-state index contributed by atoms with van der Waals surface area (Å²) in [6.45, 7) is 12.7. The zero-order chi connectivity index (χ0) is 21.3. The van der Waals surface area contributed by atoms with Gasteiger partial charge in [-0.15, -0.1) is 0 Å². The number of benzene rings is 1. The van der Waals surface area contributed by atoms with Crippen LogP contribution in [0.1, 0.15) is 52.0 Å².